The Morgan fingerprint density at radius 1 is 1.16 bits per heavy atom. The molecule has 0 aromatic carbocycles. The second kappa shape index (κ2) is 18.0. The van der Waals surface area contributed by atoms with Gasteiger partial charge in [-0.2, -0.15) is 11.8 Å². The van der Waals surface area contributed by atoms with Gasteiger partial charge in [-0.3, -0.25) is 9.59 Å². The minimum absolute atomic E-state index is 0. The zero-order valence-corrected chi connectivity index (χ0v) is 14.3. The molecule has 19 heavy (non-hydrogen) atoms. The molecule has 0 aromatic rings. The first-order valence-electron chi connectivity index (χ1n) is 5.74. The molecule has 116 valence electrons. The summed E-state index contributed by atoms with van der Waals surface area (Å²) >= 11 is 4.41. The van der Waals surface area contributed by atoms with E-state index in [0.29, 0.717) is 0 Å². The number of nitrogens with one attached hydrogen (secondary N) is 1. The lowest BCUT2D eigenvalue weighted by molar-refractivity contribution is 0.236. The van der Waals surface area contributed by atoms with Crippen molar-refractivity contribution >= 4 is 45.8 Å². The number of carbonyl (C=O) groups excluding carboxylic acids is 2. The quantitative estimate of drug-likeness (QED) is 0.830. The van der Waals surface area contributed by atoms with Crippen molar-refractivity contribution in [3.63, 3.8) is 0 Å². The van der Waals surface area contributed by atoms with Crippen LogP contribution in [-0.2, 0) is 0 Å². The van der Waals surface area contributed by atoms with Gasteiger partial charge >= 0.3 is 0 Å². The Hall–Kier alpha value is -0.0100. The smallest absolute Gasteiger partial charge is 0.281 e. The zero-order valence-electron chi connectivity index (χ0n) is 11.8. The van der Waals surface area contributed by atoms with Gasteiger partial charge in [-0.15, -0.1) is 0 Å². The third-order valence-corrected chi connectivity index (χ3v) is 3.88. The van der Waals surface area contributed by atoms with E-state index in [1.54, 1.807) is 23.7 Å². The average Bonchev–Trinajstić information content (AvgIpc) is 2.37. The van der Waals surface area contributed by atoms with Crippen molar-refractivity contribution in [2.24, 2.45) is 0 Å². The Bertz CT molecular complexity index is 229. The molecule has 0 saturated heterocycles. The largest absolute Gasteiger partial charge is 0.350 e. The molecule has 0 aliphatic rings. The molecule has 0 heterocycles. The maximum atomic E-state index is 11.1. The normalized spacial score (nSPS) is 8.68. The van der Waals surface area contributed by atoms with Gasteiger partial charge in [0, 0.05) is 26.4 Å². The fraction of sp³-hybridized carbons (Fsp3) is 0.833. The van der Waals surface area contributed by atoms with Gasteiger partial charge in [0.1, 0.15) is 0 Å². The van der Waals surface area contributed by atoms with Gasteiger partial charge in [0.05, 0.1) is 0 Å². The molecular weight excluding hydrogens is 300 g/mol. The van der Waals surface area contributed by atoms with Crippen LogP contribution in [-0.4, -0.2) is 59.5 Å². The maximum Gasteiger partial charge on any atom is 0.281 e. The summed E-state index contributed by atoms with van der Waals surface area (Å²) in [5, 5.41) is 2.72. The van der Waals surface area contributed by atoms with Crippen molar-refractivity contribution in [2.45, 2.75) is 21.3 Å². The van der Waals surface area contributed by atoms with Gasteiger partial charge in [-0.1, -0.05) is 44.8 Å². The summed E-state index contributed by atoms with van der Waals surface area (Å²) in [5.74, 6) is 2.73. The number of nitrogens with zero attached hydrogens (tertiary/aromatic N) is 1. The number of hydrogen-bond acceptors (Lipinski definition) is 5. The maximum absolute atomic E-state index is 11.1. The first kappa shape index (κ1) is 24.0. The van der Waals surface area contributed by atoms with Crippen LogP contribution in [0.25, 0.3) is 0 Å². The molecule has 0 unspecified atom stereocenters. The van der Waals surface area contributed by atoms with Crippen LogP contribution in [0.2, 0.25) is 0 Å². The number of hydrogen-bond donors (Lipinski definition) is 1. The van der Waals surface area contributed by atoms with Crippen LogP contribution < -0.4 is 5.32 Å². The second-order valence-electron chi connectivity index (χ2n) is 3.08. The van der Waals surface area contributed by atoms with Gasteiger partial charge in [0.2, 0.25) is 0 Å². The second-order valence-corrected chi connectivity index (χ2v) is 6.52. The van der Waals surface area contributed by atoms with E-state index in [9.17, 15) is 9.59 Å². The molecule has 0 saturated carbocycles. The van der Waals surface area contributed by atoms with E-state index in [2.05, 4.69) is 5.32 Å². The van der Waals surface area contributed by atoms with Crippen molar-refractivity contribution in [3.05, 3.63) is 0 Å². The summed E-state index contributed by atoms with van der Waals surface area (Å²) in [7, 11) is 3.48. The highest BCUT2D eigenvalue weighted by molar-refractivity contribution is 8.13. The van der Waals surface area contributed by atoms with E-state index in [1.807, 2.05) is 27.2 Å². The Kier molecular flexibility index (Phi) is 22.8. The zero-order chi connectivity index (χ0) is 14.4. The van der Waals surface area contributed by atoms with E-state index in [0.717, 1.165) is 23.8 Å². The lowest BCUT2D eigenvalue weighted by Gasteiger charge is -2.14. The topological polar surface area (TPSA) is 49.4 Å². The molecule has 7 heteroatoms. The Labute approximate surface area is 131 Å². The highest BCUT2D eigenvalue weighted by atomic mass is 32.2. The van der Waals surface area contributed by atoms with Crippen LogP contribution >= 0.6 is 35.3 Å². The minimum Gasteiger partial charge on any atom is -0.350 e. The molecule has 0 atom stereocenters. The molecule has 0 aliphatic heterocycles. The summed E-state index contributed by atoms with van der Waals surface area (Å²) in [6.07, 6.45) is 2.05. The third-order valence-electron chi connectivity index (χ3n) is 1.69. The Balaban J connectivity index is -0.000000280. The minimum atomic E-state index is 0. The monoisotopic (exact) mass is 328 g/mol. The van der Waals surface area contributed by atoms with E-state index in [-0.39, 0.29) is 17.9 Å². The Morgan fingerprint density at radius 2 is 1.68 bits per heavy atom. The molecule has 0 bridgehead atoms. The highest BCUT2D eigenvalue weighted by Gasteiger charge is 2.05. The van der Waals surface area contributed by atoms with E-state index >= 15 is 0 Å². The molecule has 0 aromatic heterocycles. The lowest BCUT2D eigenvalue weighted by atomic mass is 10.7. The van der Waals surface area contributed by atoms with Gasteiger partial charge in [-0.05, 0) is 17.8 Å². The first-order chi connectivity index (χ1) is 8.53. The van der Waals surface area contributed by atoms with Crippen molar-refractivity contribution in [1.82, 2.24) is 10.2 Å². The fourth-order valence-electron chi connectivity index (χ4n) is 0.756. The third kappa shape index (κ3) is 18.0. The molecular formula is C12H28N2O2S3. The average molecular weight is 329 g/mol. The van der Waals surface area contributed by atoms with Gasteiger partial charge in [-0.25, -0.2) is 0 Å². The van der Waals surface area contributed by atoms with Crippen molar-refractivity contribution in [1.29, 1.82) is 0 Å². The number of amides is 2. The molecule has 0 rings (SSSR count). The molecule has 4 nitrogen and oxygen atoms in total. The summed E-state index contributed by atoms with van der Waals surface area (Å²) in [5.41, 5.74) is 0. The molecule has 0 spiro atoms. The van der Waals surface area contributed by atoms with Crippen LogP contribution in [0.3, 0.4) is 0 Å². The predicted molar refractivity (Wildman–Crippen MR) is 93.9 cm³/mol. The van der Waals surface area contributed by atoms with E-state index in [1.165, 1.54) is 23.5 Å². The molecule has 0 aliphatic carbocycles. The summed E-state index contributed by atoms with van der Waals surface area (Å²) in [6, 6.07) is 0. The first-order valence-corrected chi connectivity index (χ1v) is 9.11. The molecule has 2 amide bonds. The number of rotatable bonds is 5. The Morgan fingerprint density at radius 3 is 2.00 bits per heavy atom. The SMILES string of the molecule is C.CCSC(=O)N(C)CCSC.CCSC(=O)NC. The van der Waals surface area contributed by atoms with Crippen molar-refractivity contribution in [2.75, 3.05) is 44.2 Å². The molecule has 0 fully saturated rings. The highest BCUT2D eigenvalue weighted by Crippen LogP contribution is 2.06. The fourth-order valence-corrected chi connectivity index (χ4v) is 2.18. The molecule has 0 radical (unpaired) electrons. The number of thioether (sulfide) groups is 3. The summed E-state index contributed by atoms with van der Waals surface area (Å²) in [6.45, 7) is 4.79. The predicted octanol–water partition coefficient (Wildman–Crippen LogP) is 3.87. The summed E-state index contributed by atoms with van der Waals surface area (Å²) < 4.78 is 0. The van der Waals surface area contributed by atoms with Crippen LogP contribution in [0.1, 0.15) is 21.3 Å². The van der Waals surface area contributed by atoms with Gasteiger partial charge in [0.25, 0.3) is 10.5 Å². The van der Waals surface area contributed by atoms with Crippen LogP contribution in [0.5, 0.6) is 0 Å². The van der Waals surface area contributed by atoms with Gasteiger partial charge in [0.15, 0.2) is 0 Å². The van der Waals surface area contributed by atoms with E-state index in [4.69, 9.17) is 0 Å². The van der Waals surface area contributed by atoms with Crippen molar-refractivity contribution < 1.29 is 9.59 Å². The van der Waals surface area contributed by atoms with Crippen molar-refractivity contribution in [3.8, 4) is 0 Å². The van der Waals surface area contributed by atoms with Crippen LogP contribution in [0.15, 0.2) is 0 Å². The van der Waals surface area contributed by atoms with Gasteiger partial charge < -0.3 is 10.2 Å². The lowest BCUT2D eigenvalue weighted by Crippen LogP contribution is -2.25. The number of carbonyl (C=O) groups is 2. The standard InChI is InChI=1S/C7H15NOS2.C4H9NOS.CH4/c1-4-11-7(9)8(2)5-6-10-3;1-3-7-4(6)5-2;/h4-6H2,1-3H3;3H2,1-2H3,(H,5,6);1H4. The summed E-state index contributed by atoms with van der Waals surface area (Å²) in [4.78, 5) is 23.2. The van der Waals surface area contributed by atoms with Crippen LogP contribution in [0.4, 0.5) is 9.59 Å². The molecule has 1 N–H and O–H groups in total. The van der Waals surface area contributed by atoms with E-state index < -0.39 is 0 Å². The van der Waals surface area contributed by atoms with Crippen LogP contribution in [0, 0.1) is 0 Å².